The maximum Gasteiger partial charge on any atom is 0.308 e. The summed E-state index contributed by atoms with van der Waals surface area (Å²) in [7, 11) is 1.39. The van der Waals surface area contributed by atoms with Crippen LogP contribution >= 0.6 is 11.8 Å². The van der Waals surface area contributed by atoms with Crippen molar-refractivity contribution in [2.24, 2.45) is 0 Å². The highest BCUT2D eigenvalue weighted by molar-refractivity contribution is 8.00. The van der Waals surface area contributed by atoms with Gasteiger partial charge in [-0.3, -0.25) is 4.79 Å². The van der Waals surface area contributed by atoms with Gasteiger partial charge in [0.15, 0.2) is 5.79 Å². The third-order valence-electron chi connectivity index (χ3n) is 3.09. The molecule has 0 spiro atoms. The van der Waals surface area contributed by atoms with Gasteiger partial charge >= 0.3 is 5.97 Å². The van der Waals surface area contributed by atoms with Gasteiger partial charge < -0.3 is 14.2 Å². The molecule has 0 radical (unpaired) electrons. The number of hydrogen-bond donors (Lipinski definition) is 0. The van der Waals surface area contributed by atoms with Crippen LogP contribution in [-0.4, -0.2) is 42.6 Å². The molecule has 5 heteroatoms. The van der Waals surface area contributed by atoms with E-state index in [-0.39, 0.29) is 18.5 Å². The molecule has 0 bridgehead atoms. The highest BCUT2D eigenvalue weighted by Crippen LogP contribution is 2.41. The Labute approximate surface area is 100 Å². The monoisotopic (exact) mass is 246 g/mol. The van der Waals surface area contributed by atoms with E-state index in [9.17, 15) is 4.79 Å². The van der Waals surface area contributed by atoms with Crippen LogP contribution in [0.15, 0.2) is 0 Å². The molecule has 0 N–H and O–H groups in total. The summed E-state index contributed by atoms with van der Waals surface area (Å²) < 4.78 is 16.2. The predicted molar refractivity (Wildman–Crippen MR) is 61.3 cm³/mol. The Hall–Kier alpha value is -0.260. The van der Waals surface area contributed by atoms with E-state index in [2.05, 4.69) is 4.74 Å². The van der Waals surface area contributed by atoms with Gasteiger partial charge in [0.1, 0.15) is 0 Å². The van der Waals surface area contributed by atoms with Crippen LogP contribution in [0.1, 0.15) is 26.2 Å². The molecule has 0 saturated carbocycles. The molecule has 92 valence electrons. The fourth-order valence-electron chi connectivity index (χ4n) is 2.19. The second kappa shape index (κ2) is 4.94. The first-order valence-corrected chi connectivity index (χ1v) is 6.69. The third kappa shape index (κ3) is 2.52. The van der Waals surface area contributed by atoms with E-state index < -0.39 is 5.79 Å². The van der Waals surface area contributed by atoms with E-state index in [1.165, 1.54) is 19.3 Å². The van der Waals surface area contributed by atoms with Gasteiger partial charge in [0.05, 0.1) is 31.5 Å². The van der Waals surface area contributed by atoms with Crippen LogP contribution in [0.4, 0.5) is 0 Å². The molecule has 2 heterocycles. The van der Waals surface area contributed by atoms with Crippen molar-refractivity contribution in [3.05, 3.63) is 0 Å². The fraction of sp³-hybridized carbons (Fsp3) is 0.909. The number of carbonyl (C=O) groups excluding carboxylic acids is 1. The molecule has 0 aliphatic carbocycles. The lowest BCUT2D eigenvalue weighted by atomic mass is 10.1. The quantitative estimate of drug-likeness (QED) is 0.707. The summed E-state index contributed by atoms with van der Waals surface area (Å²) in [6.45, 7) is 2.47. The van der Waals surface area contributed by atoms with Gasteiger partial charge in [0, 0.05) is 0 Å². The van der Waals surface area contributed by atoms with Crippen LogP contribution in [0, 0.1) is 0 Å². The van der Waals surface area contributed by atoms with Gasteiger partial charge in [-0.25, -0.2) is 0 Å². The summed E-state index contributed by atoms with van der Waals surface area (Å²) in [4.78, 5) is 11.1. The molecule has 0 amide bonds. The number of rotatable bonds is 3. The fourth-order valence-corrected chi connectivity index (χ4v) is 3.56. The largest absolute Gasteiger partial charge is 0.469 e. The number of ether oxygens (including phenoxy) is 3. The lowest BCUT2D eigenvalue weighted by Gasteiger charge is -2.29. The Kier molecular flexibility index (Phi) is 3.77. The van der Waals surface area contributed by atoms with Crippen LogP contribution < -0.4 is 0 Å². The van der Waals surface area contributed by atoms with Crippen LogP contribution in [-0.2, 0) is 19.0 Å². The Morgan fingerprint density at radius 1 is 1.62 bits per heavy atom. The number of hydrogen-bond acceptors (Lipinski definition) is 5. The summed E-state index contributed by atoms with van der Waals surface area (Å²) in [5.74, 6) is 0.422. The van der Waals surface area contributed by atoms with E-state index in [0.29, 0.717) is 11.9 Å². The van der Waals surface area contributed by atoms with Crippen molar-refractivity contribution in [1.29, 1.82) is 0 Å². The number of carbonyl (C=O) groups is 1. The van der Waals surface area contributed by atoms with E-state index in [4.69, 9.17) is 9.47 Å². The number of thioether (sulfide) groups is 1. The van der Waals surface area contributed by atoms with Gasteiger partial charge in [0.25, 0.3) is 0 Å². The van der Waals surface area contributed by atoms with Crippen molar-refractivity contribution >= 4 is 17.7 Å². The Morgan fingerprint density at radius 2 is 2.44 bits per heavy atom. The smallest absolute Gasteiger partial charge is 0.308 e. The summed E-state index contributed by atoms with van der Waals surface area (Å²) >= 11 is 1.90. The Morgan fingerprint density at radius 3 is 3.06 bits per heavy atom. The molecule has 3 atom stereocenters. The zero-order valence-corrected chi connectivity index (χ0v) is 10.5. The summed E-state index contributed by atoms with van der Waals surface area (Å²) in [6, 6.07) is 0. The average Bonchev–Trinajstić information content (AvgIpc) is 2.88. The maximum absolute atomic E-state index is 11.1. The van der Waals surface area contributed by atoms with E-state index in [0.717, 1.165) is 6.42 Å². The van der Waals surface area contributed by atoms with Crippen molar-refractivity contribution in [1.82, 2.24) is 0 Å². The minimum absolute atomic E-state index is 0.154. The van der Waals surface area contributed by atoms with E-state index >= 15 is 0 Å². The van der Waals surface area contributed by atoms with E-state index in [1.54, 1.807) is 0 Å². The predicted octanol–water partition coefficient (Wildman–Crippen LogP) is 1.58. The van der Waals surface area contributed by atoms with Gasteiger partial charge in [-0.15, -0.1) is 0 Å². The lowest BCUT2D eigenvalue weighted by Crippen LogP contribution is -2.37. The molecular weight excluding hydrogens is 228 g/mol. The molecule has 4 nitrogen and oxygen atoms in total. The number of methoxy groups -OCH3 is 1. The van der Waals surface area contributed by atoms with Crippen LogP contribution in [0.5, 0.6) is 0 Å². The first-order valence-electron chi connectivity index (χ1n) is 5.64. The second-order valence-corrected chi connectivity index (χ2v) is 5.66. The van der Waals surface area contributed by atoms with Gasteiger partial charge in [-0.1, -0.05) is 0 Å². The van der Waals surface area contributed by atoms with Crippen LogP contribution in [0.25, 0.3) is 0 Å². The van der Waals surface area contributed by atoms with Crippen molar-refractivity contribution in [2.45, 2.75) is 43.3 Å². The van der Waals surface area contributed by atoms with Crippen LogP contribution in [0.2, 0.25) is 0 Å². The molecule has 2 rings (SSSR count). The minimum Gasteiger partial charge on any atom is -0.469 e. The molecule has 0 aromatic rings. The second-order valence-electron chi connectivity index (χ2n) is 4.35. The normalized spacial score (nSPS) is 38.9. The first-order chi connectivity index (χ1) is 7.64. The summed E-state index contributed by atoms with van der Waals surface area (Å²) in [6.07, 6.45) is 2.48. The van der Waals surface area contributed by atoms with Crippen molar-refractivity contribution in [2.75, 3.05) is 19.5 Å². The summed E-state index contributed by atoms with van der Waals surface area (Å²) in [5, 5.41) is 0.398. The highest BCUT2D eigenvalue weighted by atomic mass is 32.2. The van der Waals surface area contributed by atoms with Gasteiger partial charge in [-0.05, 0) is 25.5 Å². The lowest BCUT2D eigenvalue weighted by molar-refractivity contribution is -0.160. The maximum atomic E-state index is 11.1. The zero-order valence-electron chi connectivity index (χ0n) is 9.73. The average molecular weight is 246 g/mol. The van der Waals surface area contributed by atoms with Crippen molar-refractivity contribution < 1.29 is 19.0 Å². The zero-order chi connectivity index (χ0) is 11.6. The molecule has 2 saturated heterocycles. The van der Waals surface area contributed by atoms with E-state index in [1.807, 2.05) is 18.7 Å². The first kappa shape index (κ1) is 12.2. The minimum atomic E-state index is -0.514. The molecule has 2 aliphatic heterocycles. The van der Waals surface area contributed by atoms with Gasteiger partial charge in [0.2, 0.25) is 0 Å². The topological polar surface area (TPSA) is 44.8 Å². The summed E-state index contributed by atoms with van der Waals surface area (Å²) in [5.41, 5.74) is 0. The van der Waals surface area contributed by atoms with Crippen molar-refractivity contribution in [3.63, 3.8) is 0 Å². The molecule has 2 fully saturated rings. The highest BCUT2D eigenvalue weighted by Gasteiger charge is 2.45. The molecular formula is C11H18O4S. The van der Waals surface area contributed by atoms with Gasteiger partial charge in [-0.2, -0.15) is 11.8 Å². The SMILES string of the molecule is COC(=O)CC1COC(C)(C2CCCS2)O1. The third-order valence-corrected chi connectivity index (χ3v) is 4.68. The molecule has 2 aliphatic rings. The molecule has 0 aromatic carbocycles. The standard InChI is InChI=1S/C11H18O4S/c1-11(9-4-3-5-16-9)14-7-8(15-11)6-10(12)13-2/h8-9H,3-7H2,1-2H3. The Bertz CT molecular complexity index is 265. The molecule has 0 aromatic heterocycles. The van der Waals surface area contributed by atoms with Crippen molar-refractivity contribution in [3.8, 4) is 0 Å². The Balaban J connectivity index is 1.88. The van der Waals surface area contributed by atoms with Crippen LogP contribution in [0.3, 0.4) is 0 Å². The molecule has 3 unspecified atom stereocenters. The molecule has 16 heavy (non-hydrogen) atoms. The number of esters is 1.